The van der Waals surface area contributed by atoms with E-state index in [1.165, 1.54) is 16.8 Å². The Kier molecular flexibility index (Phi) is 4.36. The lowest BCUT2D eigenvalue weighted by molar-refractivity contribution is -0.118. The fourth-order valence-electron chi connectivity index (χ4n) is 3.43. The van der Waals surface area contributed by atoms with E-state index in [2.05, 4.69) is 15.1 Å². The molecule has 4 aromatic rings. The Labute approximate surface area is 176 Å². The number of amides is 1. The van der Waals surface area contributed by atoms with Gasteiger partial charge in [-0.15, -0.1) is 5.10 Å². The molecule has 0 saturated heterocycles. The van der Waals surface area contributed by atoms with E-state index in [1.807, 2.05) is 30.3 Å². The Morgan fingerprint density at radius 3 is 2.71 bits per heavy atom. The third-order valence-electron chi connectivity index (χ3n) is 4.98. The predicted octanol–water partition coefficient (Wildman–Crippen LogP) is 3.11. The van der Waals surface area contributed by atoms with Gasteiger partial charge >= 0.3 is 0 Å². The maximum atomic E-state index is 14.7. The summed E-state index contributed by atoms with van der Waals surface area (Å²) in [5.41, 5.74) is 7.96. The molecule has 0 saturated carbocycles. The molecule has 0 bridgehead atoms. The molecule has 31 heavy (non-hydrogen) atoms. The van der Waals surface area contributed by atoms with Crippen LogP contribution in [0.4, 0.5) is 10.1 Å². The van der Waals surface area contributed by atoms with Crippen LogP contribution in [0, 0.1) is 5.82 Å². The number of hydrogen-bond acceptors (Lipinski definition) is 6. The highest BCUT2D eigenvalue weighted by Gasteiger charge is 2.27. The van der Waals surface area contributed by atoms with Crippen LogP contribution in [0.1, 0.15) is 6.92 Å². The summed E-state index contributed by atoms with van der Waals surface area (Å²) in [5.74, 6) is -0.548. The number of fused-ring (bicyclic) bond motifs is 1. The Morgan fingerprint density at radius 1 is 1.16 bits per heavy atom. The number of benzene rings is 2. The number of primary amides is 1. The number of rotatable bonds is 4. The van der Waals surface area contributed by atoms with Gasteiger partial charge in [-0.25, -0.2) is 13.9 Å². The maximum Gasteiger partial charge on any atom is 0.285 e. The van der Waals surface area contributed by atoms with Crippen LogP contribution >= 0.6 is 0 Å². The van der Waals surface area contributed by atoms with Gasteiger partial charge in [-0.05, 0) is 30.7 Å². The molecule has 2 aromatic heterocycles. The van der Waals surface area contributed by atoms with Crippen LogP contribution < -0.4 is 10.6 Å². The lowest BCUT2D eigenvalue weighted by Gasteiger charge is -2.21. The molecular formula is C22H17FN6O2. The number of anilines is 1. The normalized spacial score (nSPS) is 15.7. The molecule has 0 fully saturated rings. The van der Waals surface area contributed by atoms with Gasteiger partial charge in [-0.3, -0.25) is 4.79 Å². The average molecular weight is 416 g/mol. The van der Waals surface area contributed by atoms with Crippen molar-refractivity contribution in [1.82, 2.24) is 19.6 Å². The first-order chi connectivity index (χ1) is 15.0. The molecule has 1 aliphatic rings. The molecule has 0 radical (unpaired) electrons. The Balaban J connectivity index is 1.54. The van der Waals surface area contributed by atoms with E-state index < -0.39 is 18.0 Å². The van der Waals surface area contributed by atoms with E-state index in [4.69, 9.17) is 10.5 Å². The number of carbonyl (C=O) groups is 1. The highest BCUT2D eigenvalue weighted by molar-refractivity contribution is 5.91. The highest BCUT2D eigenvalue weighted by atomic mass is 19.1. The van der Waals surface area contributed by atoms with Gasteiger partial charge in [0.25, 0.3) is 11.7 Å². The maximum absolute atomic E-state index is 14.7. The molecule has 3 heterocycles. The van der Waals surface area contributed by atoms with E-state index in [9.17, 15) is 9.18 Å². The van der Waals surface area contributed by atoms with Crippen molar-refractivity contribution in [2.75, 3.05) is 4.90 Å². The van der Waals surface area contributed by atoms with Crippen molar-refractivity contribution in [3.63, 3.8) is 0 Å². The fourth-order valence-corrected chi connectivity index (χ4v) is 3.43. The summed E-state index contributed by atoms with van der Waals surface area (Å²) in [7, 11) is 0. The third-order valence-corrected chi connectivity index (χ3v) is 4.98. The van der Waals surface area contributed by atoms with Gasteiger partial charge in [-0.2, -0.15) is 4.98 Å². The summed E-state index contributed by atoms with van der Waals surface area (Å²) >= 11 is 0. The standard InChI is InChI=1S/C22H17FN6O2/c1-13-28(12-19(31-13)20(24)30)16-7-8-18(23)17(9-16)21-26-22-25-10-15(11-29(22)27-21)14-5-3-2-4-6-14/h2-13H,1H3,(H2,24,30). The van der Waals surface area contributed by atoms with Crippen LogP contribution in [0.3, 0.4) is 0 Å². The molecule has 5 rings (SSSR count). The number of ether oxygens (including phenoxy) is 1. The number of nitrogens with two attached hydrogens (primary N) is 1. The second-order valence-corrected chi connectivity index (χ2v) is 7.03. The first-order valence-electron chi connectivity index (χ1n) is 9.54. The molecule has 1 aliphatic heterocycles. The lowest BCUT2D eigenvalue weighted by atomic mass is 10.1. The lowest BCUT2D eigenvalue weighted by Crippen LogP contribution is -2.24. The Morgan fingerprint density at radius 2 is 1.97 bits per heavy atom. The minimum absolute atomic E-state index is 0.0434. The molecule has 0 spiro atoms. The molecule has 1 atom stereocenters. The van der Waals surface area contributed by atoms with Crippen molar-refractivity contribution >= 4 is 17.4 Å². The zero-order chi connectivity index (χ0) is 21.5. The molecule has 0 aliphatic carbocycles. The summed E-state index contributed by atoms with van der Waals surface area (Å²) in [5, 5.41) is 4.42. The van der Waals surface area contributed by atoms with Crippen LogP contribution in [0.25, 0.3) is 28.3 Å². The van der Waals surface area contributed by atoms with Crippen molar-refractivity contribution in [2.24, 2.45) is 5.73 Å². The van der Waals surface area contributed by atoms with Crippen LogP contribution in [-0.4, -0.2) is 31.7 Å². The zero-order valence-electron chi connectivity index (χ0n) is 16.4. The minimum Gasteiger partial charge on any atom is -0.463 e. The fraction of sp³-hybridized carbons (Fsp3) is 0.0909. The molecule has 1 amide bonds. The monoisotopic (exact) mass is 416 g/mol. The SMILES string of the molecule is CC1OC(C(N)=O)=CN1c1ccc(F)c(-c2nc3ncc(-c4ccccc4)cn3n2)c1. The van der Waals surface area contributed by atoms with E-state index in [-0.39, 0.29) is 17.1 Å². The van der Waals surface area contributed by atoms with Gasteiger partial charge in [0.1, 0.15) is 5.82 Å². The van der Waals surface area contributed by atoms with Crippen molar-refractivity contribution in [3.05, 3.63) is 78.7 Å². The quantitative estimate of drug-likeness (QED) is 0.549. The van der Waals surface area contributed by atoms with Crippen molar-refractivity contribution in [2.45, 2.75) is 13.2 Å². The minimum atomic E-state index is -0.668. The van der Waals surface area contributed by atoms with Crippen LogP contribution in [-0.2, 0) is 9.53 Å². The van der Waals surface area contributed by atoms with Gasteiger partial charge < -0.3 is 15.4 Å². The van der Waals surface area contributed by atoms with Gasteiger partial charge in [-0.1, -0.05) is 30.3 Å². The number of nitrogens with zero attached hydrogens (tertiary/aromatic N) is 5. The largest absolute Gasteiger partial charge is 0.463 e. The van der Waals surface area contributed by atoms with E-state index >= 15 is 0 Å². The highest BCUT2D eigenvalue weighted by Crippen LogP contribution is 2.31. The summed E-state index contributed by atoms with van der Waals surface area (Å²) in [6.45, 7) is 1.76. The van der Waals surface area contributed by atoms with Gasteiger partial charge in [0.05, 0.1) is 11.8 Å². The number of carbonyl (C=O) groups excluding carboxylic acids is 1. The van der Waals surface area contributed by atoms with Crippen molar-refractivity contribution in [1.29, 1.82) is 0 Å². The van der Waals surface area contributed by atoms with Crippen molar-refractivity contribution in [3.8, 4) is 22.5 Å². The smallest absolute Gasteiger partial charge is 0.285 e. The average Bonchev–Trinajstić information content (AvgIpc) is 3.38. The number of halogens is 1. The number of aromatic nitrogens is 4. The van der Waals surface area contributed by atoms with E-state index in [1.54, 1.807) is 36.4 Å². The van der Waals surface area contributed by atoms with Gasteiger partial charge in [0, 0.05) is 23.6 Å². The molecule has 2 aromatic carbocycles. The Bertz CT molecular complexity index is 1330. The van der Waals surface area contributed by atoms with Gasteiger partial charge in [0.15, 0.2) is 12.1 Å². The van der Waals surface area contributed by atoms with Crippen molar-refractivity contribution < 1.29 is 13.9 Å². The predicted molar refractivity (Wildman–Crippen MR) is 112 cm³/mol. The van der Waals surface area contributed by atoms with Crippen LogP contribution in [0.5, 0.6) is 0 Å². The van der Waals surface area contributed by atoms with Crippen LogP contribution in [0.2, 0.25) is 0 Å². The second-order valence-electron chi connectivity index (χ2n) is 7.03. The summed E-state index contributed by atoms with van der Waals surface area (Å²) in [6.07, 6.45) is 4.53. The second kappa shape index (κ2) is 7.21. The third kappa shape index (κ3) is 3.35. The molecule has 8 nitrogen and oxygen atoms in total. The zero-order valence-corrected chi connectivity index (χ0v) is 16.4. The Hall–Kier alpha value is -4.27. The molecule has 2 N–H and O–H groups in total. The van der Waals surface area contributed by atoms with E-state index in [0.717, 1.165) is 11.1 Å². The molecular weight excluding hydrogens is 399 g/mol. The summed E-state index contributed by atoms with van der Waals surface area (Å²) < 4.78 is 21.6. The van der Waals surface area contributed by atoms with Gasteiger partial charge in [0.2, 0.25) is 5.76 Å². The van der Waals surface area contributed by atoms with E-state index in [0.29, 0.717) is 11.5 Å². The molecule has 9 heteroatoms. The summed E-state index contributed by atoms with van der Waals surface area (Å²) in [4.78, 5) is 21.8. The number of hydrogen-bond donors (Lipinski definition) is 1. The first kappa shape index (κ1) is 18.7. The topological polar surface area (TPSA) is 98.6 Å². The molecule has 154 valence electrons. The van der Waals surface area contributed by atoms with Crippen LogP contribution in [0.15, 0.2) is 72.9 Å². The first-order valence-corrected chi connectivity index (χ1v) is 9.54. The molecule has 1 unspecified atom stereocenters. The summed E-state index contributed by atoms with van der Waals surface area (Å²) in [6, 6.07) is 14.3.